The van der Waals surface area contributed by atoms with Gasteiger partial charge in [0.25, 0.3) is 0 Å². The van der Waals surface area contributed by atoms with E-state index in [-0.39, 0.29) is 24.2 Å². The first-order valence-electron chi connectivity index (χ1n) is 5.22. The number of anilines is 1. The molecule has 0 unspecified atom stereocenters. The lowest BCUT2D eigenvalue weighted by Crippen LogP contribution is -2.24. The highest BCUT2D eigenvalue weighted by atomic mass is 32.2. The first-order chi connectivity index (χ1) is 8.65. The van der Waals surface area contributed by atoms with Crippen molar-refractivity contribution < 1.29 is 14.3 Å². The van der Waals surface area contributed by atoms with Crippen LogP contribution in [0.1, 0.15) is 6.92 Å². The maximum absolute atomic E-state index is 11.3. The van der Waals surface area contributed by atoms with Crippen molar-refractivity contribution in [2.75, 3.05) is 31.3 Å². The molecule has 1 aromatic rings. The molecule has 0 aliphatic rings. The van der Waals surface area contributed by atoms with Crippen LogP contribution in [-0.2, 0) is 14.3 Å². The normalized spacial score (nSPS) is 10.1. The summed E-state index contributed by atoms with van der Waals surface area (Å²) >= 11 is 2.45. The van der Waals surface area contributed by atoms with Gasteiger partial charge < -0.3 is 10.1 Å². The lowest BCUT2D eigenvalue weighted by molar-refractivity contribution is -0.139. The van der Waals surface area contributed by atoms with Gasteiger partial charge in [-0.2, -0.15) is 0 Å². The van der Waals surface area contributed by atoms with E-state index in [9.17, 15) is 9.59 Å². The van der Waals surface area contributed by atoms with Crippen LogP contribution in [0.4, 0.5) is 5.13 Å². The van der Waals surface area contributed by atoms with E-state index in [4.69, 9.17) is 4.74 Å². The van der Waals surface area contributed by atoms with Gasteiger partial charge in [-0.15, -0.1) is 10.2 Å². The van der Waals surface area contributed by atoms with E-state index in [1.54, 1.807) is 14.0 Å². The highest BCUT2D eigenvalue weighted by Crippen LogP contribution is 2.25. The monoisotopic (exact) mass is 290 g/mol. The summed E-state index contributed by atoms with van der Waals surface area (Å²) in [5, 5.41) is 13.4. The van der Waals surface area contributed by atoms with Crippen LogP contribution in [0.15, 0.2) is 4.34 Å². The number of likely N-dealkylation sites (N-methyl/N-ethyl adjacent to an activating group) is 1. The minimum atomic E-state index is -0.293. The van der Waals surface area contributed by atoms with Crippen molar-refractivity contribution in [2.24, 2.45) is 0 Å². The van der Waals surface area contributed by atoms with E-state index in [1.165, 1.54) is 23.1 Å². The number of carbonyl (C=O) groups excluding carboxylic acids is 2. The Kier molecular flexibility index (Phi) is 6.61. The molecule has 0 bridgehead atoms. The zero-order chi connectivity index (χ0) is 13.4. The Morgan fingerprint density at radius 3 is 2.89 bits per heavy atom. The van der Waals surface area contributed by atoms with E-state index in [0.717, 1.165) is 0 Å². The summed E-state index contributed by atoms with van der Waals surface area (Å²) in [6.07, 6.45) is 0. The Bertz CT molecular complexity index is 410. The number of thioether (sulfide) groups is 1. The standard InChI is InChI=1S/C9H14N4O3S2/c1-3-16-7(15)5-17-9-13-12-8(18-9)11-6(14)4-10-2/h10H,3-5H2,1-2H3,(H,11,12,14). The average Bonchev–Trinajstić information content (AvgIpc) is 2.75. The predicted molar refractivity (Wildman–Crippen MR) is 69.8 cm³/mol. The van der Waals surface area contributed by atoms with Crippen LogP contribution < -0.4 is 10.6 Å². The molecule has 0 saturated carbocycles. The van der Waals surface area contributed by atoms with Crippen molar-refractivity contribution in [1.29, 1.82) is 0 Å². The number of ether oxygens (including phenoxy) is 1. The summed E-state index contributed by atoms with van der Waals surface area (Å²) in [6.45, 7) is 2.33. The van der Waals surface area contributed by atoms with Crippen LogP contribution in [0.2, 0.25) is 0 Å². The molecule has 2 N–H and O–H groups in total. The molecule has 0 saturated heterocycles. The van der Waals surface area contributed by atoms with Crippen molar-refractivity contribution in [3.05, 3.63) is 0 Å². The van der Waals surface area contributed by atoms with Crippen LogP contribution >= 0.6 is 23.1 Å². The molecular weight excluding hydrogens is 276 g/mol. The number of amides is 1. The summed E-state index contributed by atoms with van der Waals surface area (Å²) in [6, 6.07) is 0. The highest BCUT2D eigenvalue weighted by Gasteiger charge is 2.10. The molecule has 18 heavy (non-hydrogen) atoms. The van der Waals surface area contributed by atoms with Gasteiger partial charge >= 0.3 is 5.97 Å². The topological polar surface area (TPSA) is 93.2 Å². The van der Waals surface area contributed by atoms with Gasteiger partial charge in [-0.05, 0) is 14.0 Å². The maximum atomic E-state index is 11.3. The molecule has 1 aromatic heterocycles. The SMILES string of the molecule is CCOC(=O)CSc1nnc(NC(=O)CNC)s1. The number of rotatable bonds is 7. The number of nitrogens with zero attached hydrogens (tertiary/aromatic N) is 2. The van der Waals surface area contributed by atoms with Gasteiger partial charge in [-0.3, -0.25) is 14.9 Å². The van der Waals surface area contributed by atoms with Gasteiger partial charge in [0, 0.05) is 0 Å². The Morgan fingerprint density at radius 2 is 2.22 bits per heavy atom. The Labute approximate surface area is 113 Å². The summed E-state index contributed by atoms with van der Waals surface area (Å²) in [5.41, 5.74) is 0. The quantitative estimate of drug-likeness (QED) is 0.425. The van der Waals surface area contributed by atoms with E-state index in [0.29, 0.717) is 16.1 Å². The van der Waals surface area contributed by atoms with E-state index in [2.05, 4.69) is 20.8 Å². The van der Waals surface area contributed by atoms with Crippen molar-refractivity contribution in [2.45, 2.75) is 11.3 Å². The first kappa shape index (κ1) is 14.9. The fraction of sp³-hybridized carbons (Fsp3) is 0.556. The van der Waals surface area contributed by atoms with Gasteiger partial charge in [0.15, 0.2) is 4.34 Å². The van der Waals surface area contributed by atoms with Crippen LogP contribution in [0, 0.1) is 0 Å². The van der Waals surface area contributed by atoms with Crippen molar-refractivity contribution in [3.63, 3.8) is 0 Å². The number of carbonyl (C=O) groups is 2. The zero-order valence-corrected chi connectivity index (χ0v) is 11.7. The van der Waals surface area contributed by atoms with Crippen molar-refractivity contribution >= 4 is 40.1 Å². The number of hydrogen-bond acceptors (Lipinski definition) is 8. The minimum absolute atomic E-state index is 0.185. The molecule has 0 spiro atoms. The molecule has 0 radical (unpaired) electrons. The van der Waals surface area contributed by atoms with Crippen LogP contribution in [0.25, 0.3) is 0 Å². The smallest absolute Gasteiger partial charge is 0.316 e. The summed E-state index contributed by atoms with van der Waals surface area (Å²) in [5.74, 6) is -0.290. The molecule has 0 aliphatic heterocycles. The molecular formula is C9H14N4O3S2. The van der Waals surface area contributed by atoms with Gasteiger partial charge in [-0.1, -0.05) is 23.1 Å². The van der Waals surface area contributed by atoms with Crippen LogP contribution in [0.3, 0.4) is 0 Å². The average molecular weight is 290 g/mol. The van der Waals surface area contributed by atoms with Crippen molar-refractivity contribution in [3.8, 4) is 0 Å². The maximum Gasteiger partial charge on any atom is 0.316 e. The Morgan fingerprint density at radius 1 is 1.44 bits per heavy atom. The molecule has 1 heterocycles. The third kappa shape index (κ3) is 5.43. The molecule has 0 fully saturated rings. The fourth-order valence-corrected chi connectivity index (χ4v) is 2.53. The lowest BCUT2D eigenvalue weighted by atomic mass is 10.6. The molecule has 100 valence electrons. The van der Waals surface area contributed by atoms with Gasteiger partial charge in [0.05, 0.1) is 18.9 Å². The number of aromatic nitrogens is 2. The molecule has 0 aromatic carbocycles. The van der Waals surface area contributed by atoms with Crippen LogP contribution in [-0.4, -0.2) is 48.0 Å². The second kappa shape index (κ2) is 8.01. The third-order valence-electron chi connectivity index (χ3n) is 1.61. The lowest BCUT2D eigenvalue weighted by Gasteiger charge is -1.98. The Hall–Kier alpha value is -1.19. The Balaban J connectivity index is 2.38. The zero-order valence-electron chi connectivity index (χ0n) is 10.1. The predicted octanol–water partition coefficient (Wildman–Crippen LogP) is 0.351. The summed E-state index contributed by atoms with van der Waals surface area (Å²) in [7, 11) is 1.68. The highest BCUT2D eigenvalue weighted by molar-refractivity contribution is 8.01. The molecule has 1 amide bonds. The largest absolute Gasteiger partial charge is 0.465 e. The number of nitrogens with one attached hydrogen (secondary N) is 2. The summed E-state index contributed by atoms with van der Waals surface area (Å²) in [4.78, 5) is 22.4. The number of hydrogen-bond donors (Lipinski definition) is 2. The van der Waals surface area contributed by atoms with Crippen LogP contribution in [0.5, 0.6) is 0 Å². The second-order valence-electron chi connectivity index (χ2n) is 3.05. The first-order valence-corrected chi connectivity index (χ1v) is 7.02. The molecule has 9 heteroatoms. The minimum Gasteiger partial charge on any atom is -0.465 e. The number of esters is 1. The second-order valence-corrected chi connectivity index (χ2v) is 5.25. The molecule has 7 nitrogen and oxygen atoms in total. The van der Waals surface area contributed by atoms with Gasteiger partial charge in [-0.25, -0.2) is 0 Å². The van der Waals surface area contributed by atoms with E-state index >= 15 is 0 Å². The summed E-state index contributed by atoms with van der Waals surface area (Å²) < 4.78 is 5.40. The molecule has 0 atom stereocenters. The van der Waals surface area contributed by atoms with E-state index in [1.807, 2.05) is 0 Å². The molecule has 0 aliphatic carbocycles. The van der Waals surface area contributed by atoms with Gasteiger partial charge in [0.1, 0.15) is 0 Å². The molecule has 1 rings (SSSR count). The van der Waals surface area contributed by atoms with E-state index < -0.39 is 0 Å². The fourth-order valence-electron chi connectivity index (χ4n) is 0.966. The van der Waals surface area contributed by atoms with Crippen molar-refractivity contribution in [1.82, 2.24) is 15.5 Å². The third-order valence-corrected chi connectivity index (χ3v) is 3.55. The van der Waals surface area contributed by atoms with Gasteiger partial charge in [0.2, 0.25) is 11.0 Å².